The van der Waals surface area contributed by atoms with E-state index in [1.54, 1.807) is 6.07 Å². The number of carbonyl (C=O) groups excluding carboxylic acids is 2. The monoisotopic (exact) mass is 468 g/mol. The Bertz CT molecular complexity index is 1020. The van der Waals surface area contributed by atoms with Gasteiger partial charge < -0.3 is 20.2 Å². The Morgan fingerprint density at radius 3 is 2.52 bits per heavy atom. The number of rotatable bonds is 6. The molecule has 0 saturated carbocycles. The number of aromatic hydroxyl groups is 1. The molecule has 2 N–H and O–H groups in total. The normalized spacial score (nSPS) is 18.9. The van der Waals surface area contributed by atoms with Crippen LogP contribution in [0.2, 0.25) is 5.02 Å². The summed E-state index contributed by atoms with van der Waals surface area (Å²) in [6, 6.07) is 13.3. The summed E-state index contributed by atoms with van der Waals surface area (Å²) in [5.74, 6) is -0.0180. The molecule has 0 aliphatic carbocycles. The van der Waals surface area contributed by atoms with Crippen LogP contribution in [-0.2, 0) is 9.59 Å². The van der Waals surface area contributed by atoms with Crippen molar-refractivity contribution in [3.63, 3.8) is 0 Å². The van der Waals surface area contributed by atoms with Gasteiger partial charge in [0, 0.05) is 56.9 Å². The highest BCUT2D eigenvalue weighted by Crippen LogP contribution is 2.36. The first-order valence-corrected chi connectivity index (χ1v) is 11.6. The molecule has 2 aromatic carbocycles. The number of amides is 2. The lowest BCUT2D eigenvalue weighted by Gasteiger charge is -2.38. The highest BCUT2D eigenvalue weighted by Gasteiger charge is 2.32. The molecule has 33 heavy (non-hydrogen) atoms. The number of halogens is 1. The maximum Gasteiger partial charge on any atom is 0.246 e. The van der Waals surface area contributed by atoms with Crippen molar-refractivity contribution in [2.45, 2.75) is 12.5 Å². The number of likely N-dealkylation sites (tertiary alicyclic amines) is 1. The number of piperazine rings is 1. The predicted octanol–water partition coefficient (Wildman–Crippen LogP) is 3.06. The van der Waals surface area contributed by atoms with Crippen molar-refractivity contribution >= 4 is 29.1 Å². The van der Waals surface area contributed by atoms with Gasteiger partial charge in [0.25, 0.3) is 0 Å². The SMILES string of the molecule is C=CC(=O)N1CCC(N2CCN(C(=O)CNc3cc(-c4ccccc4)c(Cl)cc3O)CC2)C1. The summed E-state index contributed by atoms with van der Waals surface area (Å²) in [4.78, 5) is 30.7. The molecule has 1 atom stereocenters. The van der Waals surface area contributed by atoms with Crippen molar-refractivity contribution in [2.24, 2.45) is 0 Å². The van der Waals surface area contributed by atoms with E-state index in [4.69, 9.17) is 11.6 Å². The molecule has 1 unspecified atom stereocenters. The van der Waals surface area contributed by atoms with Crippen LogP contribution in [0.3, 0.4) is 0 Å². The summed E-state index contributed by atoms with van der Waals surface area (Å²) >= 11 is 6.33. The molecule has 2 amide bonds. The van der Waals surface area contributed by atoms with Gasteiger partial charge in [-0.05, 0) is 24.1 Å². The van der Waals surface area contributed by atoms with Crippen molar-refractivity contribution in [1.29, 1.82) is 0 Å². The van der Waals surface area contributed by atoms with Gasteiger partial charge in [-0.25, -0.2) is 0 Å². The molecule has 174 valence electrons. The van der Waals surface area contributed by atoms with E-state index in [1.165, 1.54) is 12.1 Å². The fraction of sp³-hybridized carbons (Fsp3) is 0.360. The standard InChI is InChI=1S/C25H29ClN4O3/c1-2-24(32)30-9-8-19(17-30)28-10-12-29(13-11-28)25(33)16-27-22-14-20(21(26)15-23(22)31)18-6-4-3-5-7-18/h2-7,14-15,19,27,31H,1,8-13,16-17H2. The minimum atomic E-state index is -0.0155. The first kappa shape index (κ1) is 23.1. The van der Waals surface area contributed by atoms with Crippen LogP contribution in [-0.4, -0.2) is 83.5 Å². The van der Waals surface area contributed by atoms with Crippen LogP contribution in [0.15, 0.2) is 55.1 Å². The number of nitrogens with zero attached hydrogens (tertiary/aromatic N) is 3. The summed E-state index contributed by atoms with van der Waals surface area (Å²) < 4.78 is 0. The Morgan fingerprint density at radius 2 is 1.82 bits per heavy atom. The maximum atomic E-state index is 12.8. The third-order valence-corrected chi connectivity index (χ3v) is 6.75. The molecule has 2 heterocycles. The van der Waals surface area contributed by atoms with Gasteiger partial charge >= 0.3 is 0 Å². The van der Waals surface area contributed by atoms with E-state index in [1.807, 2.05) is 40.1 Å². The van der Waals surface area contributed by atoms with Crippen molar-refractivity contribution in [1.82, 2.24) is 14.7 Å². The molecule has 4 rings (SSSR count). The summed E-state index contributed by atoms with van der Waals surface area (Å²) in [6.45, 7) is 8.01. The molecule has 0 radical (unpaired) electrons. The molecule has 2 aromatic rings. The van der Waals surface area contributed by atoms with E-state index >= 15 is 0 Å². The number of benzene rings is 2. The Labute approximate surface area is 199 Å². The zero-order valence-electron chi connectivity index (χ0n) is 18.5. The van der Waals surface area contributed by atoms with E-state index in [-0.39, 0.29) is 24.1 Å². The van der Waals surface area contributed by atoms with Crippen LogP contribution in [0.25, 0.3) is 11.1 Å². The molecule has 0 spiro atoms. The summed E-state index contributed by atoms with van der Waals surface area (Å²) in [7, 11) is 0. The number of phenolic OH excluding ortho intramolecular Hbond substituents is 1. The first-order chi connectivity index (χ1) is 16.0. The van der Waals surface area contributed by atoms with Crippen LogP contribution >= 0.6 is 11.6 Å². The molecule has 8 heteroatoms. The fourth-order valence-electron chi connectivity index (χ4n) is 4.53. The van der Waals surface area contributed by atoms with Gasteiger partial charge in [0.15, 0.2) is 0 Å². The summed E-state index contributed by atoms with van der Waals surface area (Å²) in [6.07, 6.45) is 2.32. The Morgan fingerprint density at radius 1 is 1.09 bits per heavy atom. The fourth-order valence-corrected chi connectivity index (χ4v) is 4.80. The largest absolute Gasteiger partial charge is 0.506 e. The van der Waals surface area contributed by atoms with Crippen molar-refractivity contribution < 1.29 is 14.7 Å². The Hall–Kier alpha value is -3.03. The minimum absolute atomic E-state index is 0.0113. The average Bonchev–Trinajstić information content (AvgIpc) is 3.34. The number of carbonyl (C=O) groups is 2. The van der Waals surface area contributed by atoms with Crippen LogP contribution in [0.1, 0.15) is 6.42 Å². The van der Waals surface area contributed by atoms with Crippen LogP contribution in [0.4, 0.5) is 5.69 Å². The van der Waals surface area contributed by atoms with E-state index in [9.17, 15) is 14.7 Å². The van der Waals surface area contributed by atoms with Gasteiger partial charge in [-0.1, -0.05) is 48.5 Å². The van der Waals surface area contributed by atoms with Crippen molar-refractivity contribution in [3.05, 3.63) is 60.1 Å². The van der Waals surface area contributed by atoms with Gasteiger partial charge in [0.2, 0.25) is 11.8 Å². The summed E-state index contributed by atoms with van der Waals surface area (Å²) in [5, 5.41) is 13.8. The van der Waals surface area contributed by atoms with Crippen LogP contribution < -0.4 is 5.32 Å². The molecule has 2 saturated heterocycles. The molecule has 2 aliphatic rings. The number of anilines is 1. The topological polar surface area (TPSA) is 76.1 Å². The van der Waals surface area contributed by atoms with Gasteiger partial charge in [-0.2, -0.15) is 0 Å². The predicted molar refractivity (Wildman–Crippen MR) is 130 cm³/mol. The van der Waals surface area contributed by atoms with Crippen molar-refractivity contribution in [3.8, 4) is 16.9 Å². The number of hydrogen-bond acceptors (Lipinski definition) is 5. The highest BCUT2D eigenvalue weighted by molar-refractivity contribution is 6.33. The lowest BCUT2D eigenvalue weighted by molar-refractivity contribution is -0.131. The van der Waals surface area contributed by atoms with Gasteiger partial charge in [0.05, 0.1) is 17.3 Å². The molecule has 2 aliphatic heterocycles. The lowest BCUT2D eigenvalue weighted by atomic mass is 10.0. The lowest BCUT2D eigenvalue weighted by Crippen LogP contribution is -2.53. The second kappa shape index (κ2) is 10.3. The molecule has 0 aromatic heterocycles. The van der Waals surface area contributed by atoms with E-state index in [0.29, 0.717) is 29.8 Å². The molecular formula is C25H29ClN4O3. The first-order valence-electron chi connectivity index (χ1n) is 11.2. The number of hydrogen-bond donors (Lipinski definition) is 2. The smallest absolute Gasteiger partial charge is 0.246 e. The minimum Gasteiger partial charge on any atom is -0.506 e. The number of phenols is 1. The third-order valence-electron chi connectivity index (χ3n) is 6.43. The molecular weight excluding hydrogens is 440 g/mol. The highest BCUT2D eigenvalue weighted by atomic mass is 35.5. The average molecular weight is 469 g/mol. The van der Waals surface area contributed by atoms with Gasteiger partial charge in [-0.15, -0.1) is 0 Å². The summed E-state index contributed by atoms with van der Waals surface area (Å²) in [5.41, 5.74) is 2.20. The molecule has 2 fully saturated rings. The second-order valence-corrected chi connectivity index (χ2v) is 8.82. The van der Waals surface area contributed by atoms with Crippen LogP contribution in [0.5, 0.6) is 5.75 Å². The maximum absolute atomic E-state index is 12.8. The van der Waals surface area contributed by atoms with Gasteiger partial charge in [-0.3, -0.25) is 14.5 Å². The quantitative estimate of drug-likeness (QED) is 0.503. The third kappa shape index (κ3) is 5.31. The van der Waals surface area contributed by atoms with E-state index in [0.717, 1.165) is 43.7 Å². The number of nitrogens with one attached hydrogen (secondary N) is 1. The van der Waals surface area contributed by atoms with Crippen molar-refractivity contribution in [2.75, 3.05) is 51.1 Å². The zero-order chi connectivity index (χ0) is 23.4. The second-order valence-electron chi connectivity index (χ2n) is 8.42. The zero-order valence-corrected chi connectivity index (χ0v) is 19.3. The molecule has 7 nitrogen and oxygen atoms in total. The van der Waals surface area contributed by atoms with E-state index < -0.39 is 0 Å². The van der Waals surface area contributed by atoms with Crippen LogP contribution in [0, 0.1) is 0 Å². The molecule has 0 bridgehead atoms. The Balaban J connectivity index is 1.31. The Kier molecular flexibility index (Phi) is 7.20. The van der Waals surface area contributed by atoms with Gasteiger partial charge in [0.1, 0.15) is 5.75 Å². The van der Waals surface area contributed by atoms with E-state index in [2.05, 4.69) is 16.8 Å².